The molecule has 0 aliphatic heterocycles. The molecule has 0 spiro atoms. The Morgan fingerprint density at radius 3 is 2.31 bits per heavy atom. The van der Waals surface area contributed by atoms with Crippen molar-refractivity contribution in [2.45, 2.75) is 59.6 Å². The predicted molar refractivity (Wildman–Crippen MR) is 159 cm³/mol. The third kappa shape index (κ3) is 5.95. The molecule has 2 heterocycles. The smallest absolute Gasteiger partial charge is 0.415 e. The second-order valence-corrected chi connectivity index (χ2v) is 10.3. The van der Waals surface area contributed by atoms with Crippen LogP contribution in [0, 0.1) is 5.82 Å². The van der Waals surface area contributed by atoms with Gasteiger partial charge in [-0.2, -0.15) is 4.98 Å². The van der Waals surface area contributed by atoms with Gasteiger partial charge in [0.05, 0.1) is 23.9 Å². The highest BCUT2D eigenvalue weighted by Gasteiger charge is 2.19. The molecule has 0 bridgehead atoms. The van der Waals surface area contributed by atoms with Crippen molar-refractivity contribution >= 4 is 0 Å². The van der Waals surface area contributed by atoms with E-state index in [1.807, 2.05) is 69.3 Å². The molecular weight excluding hydrogens is 535 g/mol. The lowest BCUT2D eigenvalue weighted by molar-refractivity contribution is 0.231. The molecule has 5 aromatic rings. The number of benzene rings is 3. The SMILES string of the molecule is CCCc1nc(CC)c(-c2ccc(OC(C)C)c(F)c2)c(=O)n1Cc1ccc(-c2ccccc2-c2noc(O)n2)cc1. The average Bonchev–Trinajstić information content (AvgIpc) is 3.42. The van der Waals surface area contributed by atoms with Crippen LogP contribution >= 0.6 is 0 Å². The first-order chi connectivity index (χ1) is 20.3. The number of rotatable bonds is 10. The fraction of sp³-hybridized carbons (Fsp3) is 0.273. The molecule has 2 aromatic heterocycles. The van der Waals surface area contributed by atoms with Gasteiger partial charge in [0, 0.05) is 12.0 Å². The molecule has 5 rings (SSSR count). The molecule has 8 nitrogen and oxygen atoms in total. The second-order valence-electron chi connectivity index (χ2n) is 10.3. The number of nitrogens with zero attached hydrogens (tertiary/aromatic N) is 4. The van der Waals surface area contributed by atoms with E-state index in [2.05, 4.69) is 17.1 Å². The number of aromatic nitrogens is 4. The molecule has 0 aliphatic carbocycles. The zero-order valence-corrected chi connectivity index (χ0v) is 24.1. The molecule has 0 amide bonds. The number of hydrogen-bond acceptors (Lipinski definition) is 7. The Hall–Kier alpha value is -4.79. The lowest BCUT2D eigenvalue weighted by Gasteiger charge is -2.18. The van der Waals surface area contributed by atoms with Crippen LogP contribution in [0.4, 0.5) is 4.39 Å². The van der Waals surface area contributed by atoms with Gasteiger partial charge < -0.3 is 9.84 Å². The van der Waals surface area contributed by atoms with Gasteiger partial charge in [-0.3, -0.25) is 13.9 Å². The van der Waals surface area contributed by atoms with E-state index >= 15 is 0 Å². The van der Waals surface area contributed by atoms with Crippen LogP contribution in [-0.4, -0.2) is 30.9 Å². The van der Waals surface area contributed by atoms with Crippen LogP contribution in [0.5, 0.6) is 11.8 Å². The van der Waals surface area contributed by atoms with Gasteiger partial charge in [-0.15, -0.1) is 0 Å². The summed E-state index contributed by atoms with van der Waals surface area (Å²) >= 11 is 0. The zero-order valence-electron chi connectivity index (χ0n) is 24.1. The Morgan fingerprint density at radius 1 is 0.976 bits per heavy atom. The summed E-state index contributed by atoms with van der Waals surface area (Å²) < 4.78 is 26.9. The highest BCUT2D eigenvalue weighted by atomic mass is 19.1. The Kier molecular flexibility index (Phi) is 8.47. The highest BCUT2D eigenvalue weighted by molar-refractivity contribution is 5.80. The number of halogens is 1. The van der Waals surface area contributed by atoms with E-state index in [4.69, 9.17) is 14.2 Å². The molecule has 1 N–H and O–H groups in total. The van der Waals surface area contributed by atoms with E-state index in [0.717, 1.165) is 28.7 Å². The lowest BCUT2D eigenvalue weighted by Crippen LogP contribution is -2.29. The molecule has 0 saturated carbocycles. The Balaban J connectivity index is 1.52. The molecule has 0 unspecified atom stereocenters. The largest absolute Gasteiger partial charge is 0.488 e. The van der Waals surface area contributed by atoms with E-state index < -0.39 is 11.9 Å². The predicted octanol–water partition coefficient (Wildman–Crippen LogP) is 6.82. The fourth-order valence-corrected chi connectivity index (χ4v) is 5.00. The van der Waals surface area contributed by atoms with Crippen molar-refractivity contribution in [3.05, 3.63) is 100.0 Å². The maximum Gasteiger partial charge on any atom is 0.415 e. The maximum atomic E-state index is 14.9. The van der Waals surface area contributed by atoms with Crippen LogP contribution in [0.1, 0.15) is 51.2 Å². The summed E-state index contributed by atoms with van der Waals surface area (Å²) in [5.74, 6) is 0.631. The monoisotopic (exact) mass is 568 g/mol. The van der Waals surface area contributed by atoms with Crippen LogP contribution in [0.2, 0.25) is 0 Å². The van der Waals surface area contributed by atoms with Crippen molar-refractivity contribution < 1.29 is 18.8 Å². The molecular formula is C33H33FN4O4. The first-order valence-corrected chi connectivity index (χ1v) is 14.1. The summed E-state index contributed by atoms with van der Waals surface area (Å²) in [7, 11) is 0. The van der Waals surface area contributed by atoms with Gasteiger partial charge in [-0.1, -0.05) is 73.6 Å². The van der Waals surface area contributed by atoms with Gasteiger partial charge in [-0.05, 0) is 61.1 Å². The van der Waals surface area contributed by atoms with Crippen molar-refractivity contribution in [3.63, 3.8) is 0 Å². The minimum atomic E-state index is -0.515. The normalized spacial score (nSPS) is 11.3. The van der Waals surface area contributed by atoms with E-state index in [9.17, 15) is 14.3 Å². The fourth-order valence-electron chi connectivity index (χ4n) is 5.00. The topological polar surface area (TPSA) is 103 Å². The second kappa shape index (κ2) is 12.4. The highest BCUT2D eigenvalue weighted by Crippen LogP contribution is 2.32. The van der Waals surface area contributed by atoms with E-state index in [0.29, 0.717) is 42.0 Å². The first-order valence-electron chi connectivity index (χ1n) is 14.1. The number of aromatic hydroxyl groups is 1. The molecule has 3 aromatic carbocycles. The number of aryl methyl sites for hydroxylation is 2. The minimum absolute atomic E-state index is 0.153. The van der Waals surface area contributed by atoms with Crippen molar-refractivity contribution in [2.24, 2.45) is 0 Å². The summed E-state index contributed by atoms with van der Waals surface area (Å²) in [6.07, 6.45) is 1.34. The molecule has 0 atom stereocenters. The summed E-state index contributed by atoms with van der Waals surface area (Å²) in [4.78, 5) is 22.9. The molecule has 216 valence electrons. The molecule has 0 radical (unpaired) electrons. The van der Waals surface area contributed by atoms with Gasteiger partial charge in [0.1, 0.15) is 5.82 Å². The van der Waals surface area contributed by atoms with Gasteiger partial charge >= 0.3 is 6.08 Å². The van der Waals surface area contributed by atoms with Crippen LogP contribution in [-0.2, 0) is 19.4 Å². The third-order valence-electron chi connectivity index (χ3n) is 6.90. The summed E-state index contributed by atoms with van der Waals surface area (Å²) in [5.41, 5.74) is 4.75. The molecule has 9 heteroatoms. The Labute approximate surface area is 243 Å². The summed E-state index contributed by atoms with van der Waals surface area (Å²) in [6.45, 7) is 7.99. The quantitative estimate of drug-likeness (QED) is 0.197. The molecule has 42 heavy (non-hydrogen) atoms. The van der Waals surface area contributed by atoms with Gasteiger partial charge in [-0.25, -0.2) is 9.37 Å². The van der Waals surface area contributed by atoms with Crippen molar-refractivity contribution in [1.29, 1.82) is 0 Å². The van der Waals surface area contributed by atoms with Crippen LogP contribution in [0.25, 0.3) is 33.6 Å². The standard InChI is InChI=1S/C33H33FN4O4/c1-5-9-29-35-27(6-2)30(23-16-17-28(26(34)18-23)41-20(3)4)32(39)38(29)19-21-12-14-22(15-13-21)24-10-7-8-11-25(24)31-36-33(40)42-37-31/h7-8,10-18,20H,5-6,9,19H2,1-4H3,(H,36,37,40). The maximum absolute atomic E-state index is 14.9. The number of ether oxygens (including phenoxy) is 1. The zero-order chi connectivity index (χ0) is 29.8. The van der Waals surface area contributed by atoms with Crippen LogP contribution < -0.4 is 10.3 Å². The van der Waals surface area contributed by atoms with Crippen molar-refractivity contribution in [2.75, 3.05) is 0 Å². The Bertz CT molecular complexity index is 1760. The van der Waals surface area contributed by atoms with Crippen LogP contribution in [0.3, 0.4) is 0 Å². The van der Waals surface area contributed by atoms with Gasteiger partial charge in [0.15, 0.2) is 11.6 Å². The van der Waals surface area contributed by atoms with Crippen LogP contribution in [0.15, 0.2) is 76.0 Å². The van der Waals surface area contributed by atoms with E-state index in [-0.39, 0.29) is 23.2 Å². The first kappa shape index (κ1) is 28.7. The molecule has 0 fully saturated rings. The summed E-state index contributed by atoms with van der Waals surface area (Å²) in [5, 5.41) is 13.4. The van der Waals surface area contributed by atoms with Gasteiger partial charge in [0.25, 0.3) is 5.56 Å². The van der Waals surface area contributed by atoms with E-state index in [1.165, 1.54) is 6.07 Å². The molecule has 0 saturated heterocycles. The number of hydrogen-bond donors (Lipinski definition) is 1. The molecule has 0 aliphatic rings. The third-order valence-corrected chi connectivity index (χ3v) is 6.90. The Morgan fingerprint density at radius 2 is 1.69 bits per heavy atom. The summed E-state index contributed by atoms with van der Waals surface area (Å²) in [6, 6.07) is 20.1. The van der Waals surface area contributed by atoms with Crippen molar-refractivity contribution in [1.82, 2.24) is 19.7 Å². The average molecular weight is 569 g/mol. The lowest BCUT2D eigenvalue weighted by atomic mass is 9.98. The van der Waals surface area contributed by atoms with Gasteiger partial charge in [0.2, 0.25) is 5.82 Å². The minimum Gasteiger partial charge on any atom is -0.488 e. The van der Waals surface area contributed by atoms with E-state index in [1.54, 1.807) is 16.7 Å². The van der Waals surface area contributed by atoms with Crippen molar-refractivity contribution in [3.8, 4) is 45.5 Å².